The third kappa shape index (κ3) is 1.71. The van der Waals surface area contributed by atoms with Gasteiger partial charge < -0.3 is 14.8 Å². The van der Waals surface area contributed by atoms with Crippen molar-refractivity contribution in [3.05, 3.63) is 23.8 Å². The summed E-state index contributed by atoms with van der Waals surface area (Å²) in [5, 5.41) is 12.3. The molecule has 1 N–H and O–H groups in total. The topological polar surface area (TPSA) is 56.9 Å². The number of benzene rings is 1. The minimum Gasteiger partial charge on any atom is -0.340 e. The second-order valence-electron chi connectivity index (χ2n) is 4.52. The number of aromatic nitrogens is 2. The van der Waals surface area contributed by atoms with Crippen LogP contribution in [0.5, 0.6) is 0 Å². The van der Waals surface area contributed by atoms with Crippen LogP contribution in [0.25, 0.3) is 11.0 Å². The van der Waals surface area contributed by atoms with Gasteiger partial charge in [0.2, 0.25) is 5.95 Å². The minimum absolute atomic E-state index is 0.678. The molecule has 0 atom stereocenters. The molecule has 2 aromatic rings. The van der Waals surface area contributed by atoms with Crippen molar-refractivity contribution in [1.29, 1.82) is 5.26 Å². The first-order valence-corrected chi connectivity index (χ1v) is 6.12. The molecular formula is C13H15N5. The lowest BCUT2D eigenvalue weighted by Gasteiger charge is -2.28. The van der Waals surface area contributed by atoms with E-state index in [2.05, 4.69) is 25.8 Å². The number of hydrogen-bond acceptors (Lipinski definition) is 4. The van der Waals surface area contributed by atoms with Crippen LogP contribution >= 0.6 is 0 Å². The summed E-state index contributed by atoms with van der Waals surface area (Å²) in [5.41, 5.74) is 2.64. The molecule has 2 heterocycles. The molecule has 1 aliphatic heterocycles. The minimum atomic E-state index is 0.678. The number of imidazole rings is 1. The van der Waals surface area contributed by atoms with Crippen molar-refractivity contribution in [3.8, 4) is 6.07 Å². The molecule has 0 aliphatic carbocycles. The van der Waals surface area contributed by atoms with E-state index in [1.54, 1.807) is 0 Å². The third-order valence-corrected chi connectivity index (χ3v) is 3.39. The highest BCUT2D eigenvalue weighted by Gasteiger charge is 2.17. The van der Waals surface area contributed by atoms with E-state index in [1.807, 2.05) is 25.2 Å². The quantitative estimate of drug-likeness (QED) is 0.804. The SMILES string of the molecule is Cn1c(N2CCNCC2)nc2ccc(C#N)cc21. The fraction of sp³-hybridized carbons (Fsp3) is 0.385. The van der Waals surface area contributed by atoms with Crippen molar-refractivity contribution in [3.63, 3.8) is 0 Å². The molecule has 1 aliphatic rings. The summed E-state index contributed by atoms with van der Waals surface area (Å²) in [6.07, 6.45) is 0. The van der Waals surface area contributed by atoms with E-state index in [9.17, 15) is 0 Å². The number of nitriles is 1. The number of piperazine rings is 1. The smallest absolute Gasteiger partial charge is 0.206 e. The molecule has 18 heavy (non-hydrogen) atoms. The summed E-state index contributed by atoms with van der Waals surface area (Å²) in [7, 11) is 2.01. The first kappa shape index (κ1) is 11.1. The zero-order valence-corrected chi connectivity index (χ0v) is 10.3. The second kappa shape index (κ2) is 4.31. The van der Waals surface area contributed by atoms with Gasteiger partial charge in [0.05, 0.1) is 22.7 Å². The molecule has 0 unspecified atom stereocenters. The molecule has 0 spiro atoms. The largest absolute Gasteiger partial charge is 0.340 e. The van der Waals surface area contributed by atoms with Crippen molar-refractivity contribution in [2.45, 2.75) is 0 Å². The summed E-state index contributed by atoms with van der Waals surface area (Å²) < 4.78 is 2.07. The first-order chi connectivity index (χ1) is 8.79. The summed E-state index contributed by atoms with van der Waals surface area (Å²) in [6.45, 7) is 3.93. The van der Waals surface area contributed by atoms with Gasteiger partial charge in [-0.05, 0) is 18.2 Å². The number of aryl methyl sites for hydroxylation is 1. The van der Waals surface area contributed by atoms with Gasteiger partial charge in [-0.3, -0.25) is 0 Å². The van der Waals surface area contributed by atoms with Crippen LogP contribution in [-0.2, 0) is 7.05 Å². The summed E-state index contributed by atoms with van der Waals surface area (Å²) in [4.78, 5) is 6.94. The number of nitrogens with one attached hydrogen (secondary N) is 1. The van der Waals surface area contributed by atoms with Crippen LogP contribution in [0, 0.1) is 11.3 Å². The van der Waals surface area contributed by atoms with E-state index in [4.69, 9.17) is 5.26 Å². The average molecular weight is 241 g/mol. The van der Waals surface area contributed by atoms with Gasteiger partial charge in [-0.25, -0.2) is 4.98 Å². The predicted octanol–water partition coefficient (Wildman–Crippen LogP) is 0.855. The molecular weight excluding hydrogens is 226 g/mol. The lowest BCUT2D eigenvalue weighted by molar-refractivity contribution is 0.575. The van der Waals surface area contributed by atoms with Crippen molar-refractivity contribution in [2.24, 2.45) is 7.05 Å². The van der Waals surface area contributed by atoms with Crippen LogP contribution in [0.4, 0.5) is 5.95 Å². The van der Waals surface area contributed by atoms with E-state index in [0.717, 1.165) is 43.2 Å². The highest BCUT2D eigenvalue weighted by atomic mass is 15.3. The first-order valence-electron chi connectivity index (χ1n) is 6.12. The van der Waals surface area contributed by atoms with Crippen LogP contribution < -0.4 is 10.2 Å². The van der Waals surface area contributed by atoms with E-state index in [0.29, 0.717) is 5.56 Å². The molecule has 0 radical (unpaired) electrons. The standard InChI is InChI=1S/C13H15N5/c1-17-12-8-10(9-14)2-3-11(12)16-13(17)18-6-4-15-5-7-18/h2-3,8,15H,4-7H2,1H3. The van der Waals surface area contributed by atoms with Crippen LogP contribution in [0.1, 0.15) is 5.56 Å². The zero-order chi connectivity index (χ0) is 12.5. The Morgan fingerprint density at radius 2 is 2.11 bits per heavy atom. The van der Waals surface area contributed by atoms with Gasteiger partial charge in [0.1, 0.15) is 0 Å². The monoisotopic (exact) mass is 241 g/mol. The van der Waals surface area contributed by atoms with Crippen molar-refractivity contribution >= 4 is 17.0 Å². The lowest BCUT2D eigenvalue weighted by Crippen LogP contribution is -2.44. The van der Waals surface area contributed by atoms with Crippen molar-refractivity contribution < 1.29 is 0 Å². The Hall–Kier alpha value is -2.06. The average Bonchev–Trinajstić information content (AvgIpc) is 2.77. The third-order valence-electron chi connectivity index (χ3n) is 3.39. The maximum absolute atomic E-state index is 8.95. The highest BCUT2D eigenvalue weighted by molar-refractivity contribution is 5.80. The van der Waals surface area contributed by atoms with E-state index >= 15 is 0 Å². The number of rotatable bonds is 1. The van der Waals surface area contributed by atoms with Gasteiger partial charge in [-0.15, -0.1) is 0 Å². The second-order valence-corrected chi connectivity index (χ2v) is 4.52. The van der Waals surface area contributed by atoms with Gasteiger partial charge in [0, 0.05) is 33.2 Å². The Morgan fingerprint density at radius 3 is 2.83 bits per heavy atom. The summed E-state index contributed by atoms with van der Waals surface area (Å²) in [5.74, 6) is 0.988. The van der Waals surface area contributed by atoms with Gasteiger partial charge >= 0.3 is 0 Å². The Balaban J connectivity index is 2.08. The summed E-state index contributed by atoms with van der Waals surface area (Å²) >= 11 is 0. The van der Waals surface area contributed by atoms with Crippen LogP contribution in [0.15, 0.2) is 18.2 Å². The Kier molecular flexibility index (Phi) is 2.65. The van der Waals surface area contributed by atoms with E-state index in [-0.39, 0.29) is 0 Å². The molecule has 0 saturated carbocycles. The zero-order valence-electron chi connectivity index (χ0n) is 10.3. The van der Waals surface area contributed by atoms with Gasteiger partial charge in [-0.1, -0.05) is 0 Å². The Labute approximate surface area is 106 Å². The molecule has 1 saturated heterocycles. The molecule has 1 fully saturated rings. The molecule has 0 bridgehead atoms. The fourth-order valence-corrected chi connectivity index (χ4v) is 2.39. The van der Waals surface area contributed by atoms with Gasteiger partial charge in [-0.2, -0.15) is 5.26 Å². The van der Waals surface area contributed by atoms with Gasteiger partial charge in [0.15, 0.2) is 0 Å². The van der Waals surface area contributed by atoms with Gasteiger partial charge in [0.25, 0.3) is 0 Å². The van der Waals surface area contributed by atoms with Crippen LogP contribution in [0.3, 0.4) is 0 Å². The predicted molar refractivity (Wildman–Crippen MR) is 70.5 cm³/mol. The van der Waals surface area contributed by atoms with E-state index in [1.165, 1.54) is 0 Å². The highest BCUT2D eigenvalue weighted by Crippen LogP contribution is 2.22. The lowest BCUT2D eigenvalue weighted by atomic mass is 10.2. The molecule has 92 valence electrons. The number of hydrogen-bond donors (Lipinski definition) is 1. The van der Waals surface area contributed by atoms with Crippen LogP contribution in [-0.4, -0.2) is 35.7 Å². The molecule has 3 rings (SSSR count). The number of fused-ring (bicyclic) bond motifs is 1. The summed E-state index contributed by atoms with van der Waals surface area (Å²) in [6, 6.07) is 7.80. The number of anilines is 1. The Bertz CT molecular complexity index is 616. The maximum Gasteiger partial charge on any atom is 0.206 e. The molecule has 0 amide bonds. The van der Waals surface area contributed by atoms with Crippen LogP contribution in [0.2, 0.25) is 0 Å². The molecule has 1 aromatic carbocycles. The normalized spacial score (nSPS) is 15.9. The van der Waals surface area contributed by atoms with Crippen molar-refractivity contribution in [1.82, 2.24) is 14.9 Å². The molecule has 5 nitrogen and oxygen atoms in total. The Morgan fingerprint density at radius 1 is 1.33 bits per heavy atom. The number of nitrogens with zero attached hydrogens (tertiary/aromatic N) is 4. The fourth-order valence-electron chi connectivity index (χ4n) is 2.39. The molecule has 1 aromatic heterocycles. The van der Waals surface area contributed by atoms with Crippen molar-refractivity contribution in [2.75, 3.05) is 31.1 Å². The maximum atomic E-state index is 8.95. The van der Waals surface area contributed by atoms with E-state index < -0.39 is 0 Å². The molecule has 5 heteroatoms.